The van der Waals surface area contributed by atoms with Crippen molar-refractivity contribution in [2.75, 3.05) is 5.32 Å². The lowest BCUT2D eigenvalue weighted by Crippen LogP contribution is -2.41. The van der Waals surface area contributed by atoms with E-state index in [1.807, 2.05) is 54.9 Å². The fourth-order valence-electron chi connectivity index (χ4n) is 2.05. The summed E-state index contributed by atoms with van der Waals surface area (Å²) in [4.78, 5) is 16.3. The average Bonchev–Trinajstić information content (AvgIpc) is 2.93. The number of aromatic nitrogens is 2. The molecule has 0 fully saturated rings. The van der Waals surface area contributed by atoms with Crippen LogP contribution in [-0.4, -0.2) is 21.5 Å². The van der Waals surface area contributed by atoms with Crippen molar-refractivity contribution in [3.05, 3.63) is 48.3 Å². The van der Waals surface area contributed by atoms with Crippen LogP contribution in [0.4, 0.5) is 5.95 Å². The molecule has 0 aliphatic carbocycles. The number of rotatable bonds is 6. The zero-order valence-corrected chi connectivity index (χ0v) is 12.5. The highest BCUT2D eigenvalue weighted by Crippen LogP contribution is 2.11. The molecule has 0 saturated carbocycles. The summed E-state index contributed by atoms with van der Waals surface area (Å²) >= 11 is 0. The molecule has 0 radical (unpaired) electrons. The van der Waals surface area contributed by atoms with E-state index in [1.54, 1.807) is 6.20 Å². The van der Waals surface area contributed by atoms with Crippen LogP contribution in [0, 0.1) is 5.92 Å². The summed E-state index contributed by atoms with van der Waals surface area (Å²) in [5.74, 6) is 0.481. The van der Waals surface area contributed by atoms with Crippen molar-refractivity contribution < 1.29 is 4.79 Å². The Hall–Kier alpha value is -2.14. The van der Waals surface area contributed by atoms with Gasteiger partial charge in [0.2, 0.25) is 11.9 Å². The zero-order valence-electron chi connectivity index (χ0n) is 12.5. The first kappa shape index (κ1) is 15.3. The van der Waals surface area contributed by atoms with Gasteiger partial charge in [0.25, 0.3) is 0 Å². The van der Waals surface area contributed by atoms with Gasteiger partial charge >= 0.3 is 0 Å². The van der Waals surface area contributed by atoms with Crippen molar-refractivity contribution in [2.24, 2.45) is 11.7 Å². The Morgan fingerprint density at radius 1 is 1.38 bits per heavy atom. The van der Waals surface area contributed by atoms with E-state index in [-0.39, 0.29) is 11.8 Å². The number of amides is 1. The normalized spacial score (nSPS) is 13.7. The van der Waals surface area contributed by atoms with Crippen LogP contribution in [0.2, 0.25) is 0 Å². The molecule has 5 heteroatoms. The third-order valence-corrected chi connectivity index (χ3v) is 3.71. The van der Waals surface area contributed by atoms with Gasteiger partial charge in [0.15, 0.2) is 0 Å². The molecule has 0 bridgehead atoms. The highest BCUT2D eigenvalue weighted by molar-refractivity contribution is 5.93. The second kappa shape index (κ2) is 7.04. The maximum Gasteiger partial charge on any atom is 0.243 e. The molecule has 3 N–H and O–H groups in total. The number of hydrogen-bond donors (Lipinski definition) is 2. The van der Waals surface area contributed by atoms with Gasteiger partial charge in [-0.15, -0.1) is 0 Å². The highest BCUT2D eigenvalue weighted by atomic mass is 16.2. The fraction of sp³-hybridized carbons (Fsp3) is 0.375. The molecule has 0 spiro atoms. The molecule has 1 amide bonds. The summed E-state index contributed by atoms with van der Waals surface area (Å²) in [6.45, 7) is 4.66. The predicted octanol–water partition coefficient (Wildman–Crippen LogP) is 2.24. The molecule has 0 saturated heterocycles. The van der Waals surface area contributed by atoms with Gasteiger partial charge in [-0.2, -0.15) is 0 Å². The molecule has 2 unspecified atom stereocenters. The maximum absolute atomic E-state index is 12.1. The third kappa shape index (κ3) is 3.92. The fourth-order valence-corrected chi connectivity index (χ4v) is 2.05. The molecule has 21 heavy (non-hydrogen) atoms. The summed E-state index contributed by atoms with van der Waals surface area (Å²) in [6, 6.07) is 9.52. The molecule has 0 aliphatic rings. The molecular weight excluding hydrogens is 264 g/mol. The van der Waals surface area contributed by atoms with Crippen LogP contribution in [0.15, 0.2) is 42.7 Å². The van der Waals surface area contributed by atoms with Gasteiger partial charge in [-0.3, -0.25) is 10.1 Å². The number of nitrogens with one attached hydrogen (secondary N) is 1. The van der Waals surface area contributed by atoms with E-state index < -0.39 is 6.04 Å². The van der Waals surface area contributed by atoms with Gasteiger partial charge in [0.05, 0.1) is 12.6 Å². The first-order valence-electron chi connectivity index (χ1n) is 7.23. The molecule has 2 aromatic rings. The molecule has 1 aromatic carbocycles. The Morgan fingerprint density at radius 2 is 2.10 bits per heavy atom. The van der Waals surface area contributed by atoms with Crippen LogP contribution < -0.4 is 11.1 Å². The summed E-state index contributed by atoms with van der Waals surface area (Å²) in [7, 11) is 0. The number of nitrogens with zero attached hydrogens (tertiary/aromatic N) is 2. The quantitative estimate of drug-likeness (QED) is 0.855. The average molecular weight is 286 g/mol. The van der Waals surface area contributed by atoms with Crippen molar-refractivity contribution in [1.82, 2.24) is 9.55 Å². The molecule has 1 aromatic heterocycles. The lowest BCUT2D eigenvalue weighted by atomic mass is 10.00. The zero-order chi connectivity index (χ0) is 15.2. The van der Waals surface area contributed by atoms with Gasteiger partial charge < -0.3 is 10.3 Å². The van der Waals surface area contributed by atoms with Crippen molar-refractivity contribution in [3.8, 4) is 0 Å². The third-order valence-electron chi connectivity index (χ3n) is 3.71. The molecule has 1 heterocycles. The number of carbonyl (C=O) groups is 1. The molecule has 2 rings (SSSR count). The van der Waals surface area contributed by atoms with E-state index >= 15 is 0 Å². The second-order valence-electron chi connectivity index (χ2n) is 5.26. The lowest BCUT2D eigenvalue weighted by molar-refractivity contribution is -0.118. The van der Waals surface area contributed by atoms with E-state index in [2.05, 4.69) is 10.3 Å². The van der Waals surface area contributed by atoms with E-state index in [4.69, 9.17) is 5.73 Å². The predicted molar refractivity (Wildman–Crippen MR) is 83.8 cm³/mol. The van der Waals surface area contributed by atoms with Crippen molar-refractivity contribution in [2.45, 2.75) is 32.9 Å². The van der Waals surface area contributed by atoms with Gasteiger partial charge in [0, 0.05) is 12.4 Å². The second-order valence-corrected chi connectivity index (χ2v) is 5.26. The van der Waals surface area contributed by atoms with Gasteiger partial charge in [-0.25, -0.2) is 4.98 Å². The summed E-state index contributed by atoms with van der Waals surface area (Å²) < 4.78 is 1.90. The van der Waals surface area contributed by atoms with Gasteiger partial charge in [-0.05, 0) is 11.5 Å². The first-order chi connectivity index (χ1) is 10.1. The van der Waals surface area contributed by atoms with Crippen LogP contribution in [0.3, 0.4) is 0 Å². The van der Waals surface area contributed by atoms with E-state index in [9.17, 15) is 4.79 Å². The Balaban J connectivity index is 2.05. The van der Waals surface area contributed by atoms with Gasteiger partial charge in [0.1, 0.15) is 0 Å². The van der Waals surface area contributed by atoms with E-state index in [0.29, 0.717) is 12.5 Å². The molecule has 2 atom stereocenters. The number of benzene rings is 1. The topological polar surface area (TPSA) is 72.9 Å². The SMILES string of the molecule is CCC(C)C(N)C(=O)Nc1nccn1Cc1ccccc1. The number of hydrogen-bond acceptors (Lipinski definition) is 3. The number of anilines is 1. The van der Waals surface area contributed by atoms with Crippen LogP contribution >= 0.6 is 0 Å². The lowest BCUT2D eigenvalue weighted by Gasteiger charge is -2.18. The highest BCUT2D eigenvalue weighted by Gasteiger charge is 2.20. The Labute approximate surface area is 125 Å². The van der Waals surface area contributed by atoms with E-state index in [1.165, 1.54) is 0 Å². The van der Waals surface area contributed by atoms with Crippen LogP contribution in [0.25, 0.3) is 0 Å². The standard InChI is InChI=1S/C16H22N4O/c1-3-12(2)14(17)15(21)19-16-18-9-10-20(16)11-13-7-5-4-6-8-13/h4-10,12,14H,3,11,17H2,1-2H3,(H,18,19,21). The van der Waals surface area contributed by atoms with Crippen LogP contribution in [0.5, 0.6) is 0 Å². The van der Waals surface area contributed by atoms with Crippen molar-refractivity contribution in [1.29, 1.82) is 0 Å². The smallest absolute Gasteiger partial charge is 0.243 e. The van der Waals surface area contributed by atoms with Crippen molar-refractivity contribution in [3.63, 3.8) is 0 Å². The number of imidazole rings is 1. The van der Waals surface area contributed by atoms with Crippen molar-refractivity contribution >= 4 is 11.9 Å². The summed E-state index contributed by atoms with van der Waals surface area (Å²) in [5, 5.41) is 2.81. The minimum Gasteiger partial charge on any atom is -0.320 e. The van der Waals surface area contributed by atoms with Crippen LogP contribution in [0.1, 0.15) is 25.8 Å². The number of carbonyl (C=O) groups excluding carboxylic acids is 1. The van der Waals surface area contributed by atoms with E-state index in [0.717, 1.165) is 12.0 Å². The Kier molecular flexibility index (Phi) is 5.11. The maximum atomic E-state index is 12.1. The molecule has 112 valence electrons. The minimum absolute atomic E-state index is 0.141. The first-order valence-corrected chi connectivity index (χ1v) is 7.23. The minimum atomic E-state index is -0.517. The molecule has 5 nitrogen and oxygen atoms in total. The summed E-state index contributed by atoms with van der Waals surface area (Å²) in [6.07, 6.45) is 4.39. The number of nitrogens with two attached hydrogens (primary N) is 1. The largest absolute Gasteiger partial charge is 0.320 e. The summed E-state index contributed by atoms with van der Waals surface area (Å²) in [5.41, 5.74) is 7.09. The van der Waals surface area contributed by atoms with Gasteiger partial charge in [-0.1, -0.05) is 50.6 Å². The Bertz CT molecular complexity index is 579. The molecule has 0 aliphatic heterocycles. The monoisotopic (exact) mass is 286 g/mol. The Morgan fingerprint density at radius 3 is 2.76 bits per heavy atom. The van der Waals surface area contributed by atoms with Crippen LogP contribution in [-0.2, 0) is 11.3 Å². The molecular formula is C16H22N4O.